The average molecular weight is 257 g/mol. The lowest BCUT2D eigenvalue weighted by atomic mass is 9.76. The Morgan fingerprint density at radius 2 is 1.89 bits per heavy atom. The van der Waals surface area contributed by atoms with Gasteiger partial charge in [0, 0.05) is 11.5 Å². The molecule has 2 aromatic rings. The van der Waals surface area contributed by atoms with Crippen LogP contribution in [0.5, 0.6) is 0 Å². The van der Waals surface area contributed by atoms with E-state index in [1.165, 1.54) is 5.56 Å². The standard InChI is InChI=1S/C15H15NO3/c17-14(18)12-10-13(16-19-12)15(8-4-5-9-15)11-6-2-1-3-7-11/h1-3,6-7,10H,4-5,8-9H2,(H,17,18). The first-order valence-corrected chi connectivity index (χ1v) is 6.48. The molecule has 0 bridgehead atoms. The predicted molar refractivity (Wildman–Crippen MR) is 69.2 cm³/mol. The zero-order chi connectivity index (χ0) is 13.3. The molecule has 19 heavy (non-hydrogen) atoms. The van der Waals surface area contributed by atoms with E-state index in [2.05, 4.69) is 17.3 Å². The van der Waals surface area contributed by atoms with Crippen molar-refractivity contribution in [1.82, 2.24) is 5.16 Å². The fourth-order valence-corrected chi connectivity index (χ4v) is 3.03. The van der Waals surface area contributed by atoms with Crippen molar-refractivity contribution in [3.63, 3.8) is 0 Å². The van der Waals surface area contributed by atoms with Gasteiger partial charge in [-0.3, -0.25) is 0 Å². The van der Waals surface area contributed by atoms with Crippen molar-refractivity contribution >= 4 is 5.97 Å². The van der Waals surface area contributed by atoms with Crippen molar-refractivity contribution in [2.75, 3.05) is 0 Å². The number of aromatic carboxylic acids is 1. The number of carboxylic acids is 1. The van der Waals surface area contributed by atoms with Crippen molar-refractivity contribution < 1.29 is 14.4 Å². The molecule has 1 aromatic heterocycles. The first kappa shape index (κ1) is 12.0. The third-order valence-corrected chi connectivity index (χ3v) is 3.99. The van der Waals surface area contributed by atoms with E-state index in [0.29, 0.717) is 0 Å². The Balaban J connectivity index is 2.08. The lowest BCUT2D eigenvalue weighted by Crippen LogP contribution is -2.24. The number of hydrogen-bond acceptors (Lipinski definition) is 3. The van der Waals surface area contributed by atoms with E-state index in [1.807, 2.05) is 18.2 Å². The SMILES string of the molecule is O=C(O)c1cc(C2(c3ccccc3)CCCC2)no1. The maximum Gasteiger partial charge on any atom is 0.374 e. The van der Waals surface area contributed by atoms with E-state index < -0.39 is 5.97 Å². The highest BCUT2D eigenvalue weighted by Gasteiger charge is 2.40. The molecule has 1 saturated carbocycles. The molecule has 0 saturated heterocycles. The van der Waals surface area contributed by atoms with Gasteiger partial charge in [-0.05, 0) is 18.4 Å². The van der Waals surface area contributed by atoms with Crippen LogP contribution in [0.25, 0.3) is 0 Å². The van der Waals surface area contributed by atoms with E-state index in [1.54, 1.807) is 6.07 Å². The van der Waals surface area contributed by atoms with Crippen LogP contribution in [0.1, 0.15) is 47.5 Å². The molecule has 1 N–H and O–H groups in total. The lowest BCUT2D eigenvalue weighted by Gasteiger charge is -2.26. The molecule has 0 radical (unpaired) electrons. The van der Waals surface area contributed by atoms with E-state index in [9.17, 15) is 4.79 Å². The zero-order valence-corrected chi connectivity index (χ0v) is 10.5. The molecular formula is C15H15NO3. The summed E-state index contributed by atoms with van der Waals surface area (Å²) < 4.78 is 4.94. The summed E-state index contributed by atoms with van der Waals surface area (Å²) in [5.41, 5.74) is 1.75. The van der Waals surface area contributed by atoms with Crippen LogP contribution < -0.4 is 0 Å². The minimum Gasteiger partial charge on any atom is -0.475 e. The van der Waals surface area contributed by atoms with E-state index in [4.69, 9.17) is 9.63 Å². The minimum atomic E-state index is -1.07. The van der Waals surface area contributed by atoms with Crippen LogP contribution in [0.2, 0.25) is 0 Å². The third-order valence-electron chi connectivity index (χ3n) is 3.99. The Labute approximate surface area is 111 Å². The molecule has 0 unspecified atom stereocenters. The van der Waals surface area contributed by atoms with Crippen LogP contribution in [0.4, 0.5) is 0 Å². The molecule has 3 rings (SSSR count). The number of benzene rings is 1. The van der Waals surface area contributed by atoms with E-state index in [-0.39, 0.29) is 11.2 Å². The van der Waals surface area contributed by atoms with Gasteiger partial charge in [0.1, 0.15) is 0 Å². The summed E-state index contributed by atoms with van der Waals surface area (Å²) in [6.07, 6.45) is 4.24. The van der Waals surface area contributed by atoms with Crippen molar-refractivity contribution in [2.45, 2.75) is 31.1 Å². The first-order chi connectivity index (χ1) is 9.22. The van der Waals surface area contributed by atoms with Crippen LogP contribution in [-0.4, -0.2) is 16.2 Å². The van der Waals surface area contributed by atoms with Crippen LogP contribution in [0.15, 0.2) is 40.9 Å². The average Bonchev–Trinajstić information content (AvgIpc) is 3.09. The fraction of sp³-hybridized carbons (Fsp3) is 0.333. The van der Waals surface area contributed by atoms with Gasteiger partial charge in [0.05, 0.1) is 5.69 Å². The summed E-state index contributed by atoms with van der Waals surface area (Å²) in [4.78, 5) is 10.9. The highest BCUT2D eigenvalue weighted by Crippen LogP contribution is 2.45. The molecule has 1 aliphatic carbocycles. The summed E-state index contributed by atoms with van der Waals surface area (Å²) in [6, 6.07) is 11.7. The van der Waals surface area contributed by atoms with Gasteiger partial charge in [-0.1, -0.05) is 48.3 Å². The Hall–Kier alpha value is -2.10. The number of hydrogen-bond donors (Lipinski definition) is 1. The largest absolute Gasteiger partial charge is 0.475 e. The second-order valence-corrected chi connectivity index (χ2v) is 5.04. The molecule has 4 heteroatoms. The maximum atomic E-state index is 10.9. The van der Waals surface area contributed by atoms with Gasteiger partial charge in [-0.15, -0.1) is 0 Å². The van der Waals surface area contributed by atoms with Gasteiger partial charge >= 0.3 is 5.97 Å². The molecular weight excluding hydrogens is 242 g/mol. The highest BCUT2D eigenvalue weighted by molar-refractivity contribution is 5.84. The quantitative estimate of drug-likeness (QED) is 0.916. The molecule has 1 fully saturated rings. The van der Waals surface area contributed by atoms with E-state index >= 15 is 0 Å². The second kappa shape index (κ2) is 4.53. The molecule has 1 aliphatic rings. The summed E-state index contributed by atoms with van der Waals surface area (Å²) in [6.45, 7) is 0. The molecule has 1 aromatic carbocycles. The molecule has 0 spiro atoms. The fourth-order valence-electron chi connectivity index (χ4n) is 3.03. The molecule has 0 aliphatic heterocycles. The molecule has 98 valence electrons. The van der Waals surface area contributed by atoms with Gasteiger partial charge in [-0.2, -0.15) is 0 Å². The maximum absolute atomic E-state index is 10.9. The summed E-state index contributed by atoms with van der Waals surface area (Å²) in [5, 5.41) is 13.0. The summed E-state index contributed by atoms with van der Waals surface area (Å²) in [5.74, 6) is -1.16. The Bertz CT molecular complexity index is 582. The van der Waals surface area contributed by atoms with Crippen molar-refractivity contribution in [1.29, 1.82) is 0 Å². The molecule has 4 nitrogen and oxygen atoms in total. The van der Waals surface area contributed by atoms with Gasteiger partial charge in [0.25, 0.3) is 0 Å². The smallest absolute Gasteiger partial charge is 0.374 e. The second-order valence-electron chi connectivity index (χ2n) is 5.04. The highest BCUT2D eigenvalue weighted by atomic mass is 16.5. The monoisotopic (exact) mass is 257 g/mol. The van der Waals surface area contributed by atoms with Gasteiger partial charge in [0.15, 0.2) is 0 Å². The van der Waals surface area contributed by atoms with E-state index in [0.717, 1.165) is 31.4 Å². The zero-order valence-electron chi connectivity index (χ0n) is 10.5. The van der Waals surface area contributed by atoms with Crippen LogP contribution in [0.3, 0.4) is 0 Å². The van der Waals surface area contributed by atoms with Gasteiger partial charge in [-0.25, -0.2) is 4.79 Å². The Kier molecular flexibility index (Phi) is 2.85. The van der Waals surface area contributed by atoms with Crippen molar-refractivity contribution in [3.8, 4) is 0 Å². The topological polar surface area (TPSA) is 63.3 Å². The van der Waals surface area contributed by atoms with Gasteiger partial charge in [0.2, 0.25) is 5.76 Å². The van der Waals surface area contributed by atoms with Crippen LogP contribution >= 0.6 is 0 Å². The summed E-state index contributed by atoms with van der Waals surface area (Å²) in [7, 11) is 0. The normalized spacial score (nSPS) is 17.5. The number of carboxylic acid groups (broad SMARTS) is 1. The lowest BCUT2D eigenvalue weighted by molar-refractivity contribution is 0.0651. The number of aromatic nitrogens is 1. The molecule has 0 amide bonds. The van der Waals surface area contributed by atoms with Crippen LogP contribution in [0, 0.1) is 0 Å². The predicted octanol–water partition coefficient (Wildman–Crippen LogP) is 3.23. The number of carbonyl (C=O) groups is 1. The van der Waals surface area contributed by atoms with Crippen LogP contribution in [-0.2, 0) is 5.41 Å². The number of nitrogens with zero attached hydrogens (tertiary/aromatic N) is 1. The molecule has 1 heterocycles. The van der Waals surface area contributed by atoms with Gasteiger partial charge < -0.3 is 9.63 Å². The summed E-state index contributed by atoms with van der Waals surface area (Å²) >= 11 is 0. The Morgan fingerprint density at radius 3 is 2.47 bits per heavy atom. The van der Waals surface area contributed by atoms with Crippen molar-refractivity contribution in [3.05, 3.63) is 53.4 Å². The third kappa shape index (κ3) is 1.93. The first-order valence-electron chi connectivity index (χ1n) is 6.48. The Morgan fingerprint density at radius 1 is 1.21 bits per heavy atom. The molecule has 0 atom stereocenters. The minimum absolute atomic E-state index is 0.0859. The van der Waals surface area contributed by atoms with Crippen molar-refractivity contribution in [2.24, 2.45) is 0 Å². The number of rotatable bonds is 3.